The molecule has 1 aromatic heterocycles. The van der Waals surface area contributed by atoms with Gasteiger partial charge in [-0.15, -0.1) is 11.3 Å². The number of amides is 2. The zero-order valence-corrected chi connectivity index (χ0v) is 29.3. The standard InChI is InChI=1S/C41H43N3O6S/c45-37(30-5-3-4-27(23-30)24-44(33-20-21-33)32-18-14-29(15-19-32)41(49)50)43-39-36(34-6-1-2-7-35(34)51-39)38(46)42-31-16-10-26(11-17-31)22-25-8-12-28(13-9-25)40(47)48/h3-5,8-13,16-17,23,29,32-33H,1-2,6-7,14-15,18-22,24H2,(H,42,46)(H,43,45)(H,47,48)(H,49,50). The highest BCUT2D eigenvalue weighted by Gasteiger charge is 2.37. The van der Waals surface area contributed by atoms with Crippen LogP contribution < -0.4 is 10.6 Å². The number of carbonyl (C=O) groups excluding carboxylic acids is 2. The number of aryl methyl sites for hydroxylation is 1. The first-order valence-electron chi connectivity index (χ1n) is 18.0. The van der Waals surface area contributed by atoms with E-state index >= 15 is 0 Å². The van der Waals surface area contributed by atoms with E-state index in [1.807, 2.05) is 54.6 Å². The van der Waals surface area contributed by atoms with Crippen LogP contribution in [0.3, 0.4) is 0 Å². The molecule has 0 spiro atoms. The first-order valence-corrected chi connectivity index (χ1v) is 18.8. The fourth-order valence-electron chi connectivity index (χ4n) is 7.61. The van der Waals surface area contributed by atoms with Gasteiger partial charge in [0.1, 0.15) is 5.00 Å². The number of hydrogen-bond donors (Lipinski definition) is 4. The summed E-state index contributed by atoms with van der Waals surface area (Å²) in [7, 11) is 0. The predicted molar refractivity (Wildman–Crippen MR) is 198 cm³/mol. The van der Waals surface area contributed by atoms with Gasteiger partial charge in [-0.25, -0.2) is 4.79 Å². The van der Waals surface area contributed by atoms with Crippen molar-refractivity contribution in [1.82, 2.24) is 4.90 Å². The van der Waals surface area contributed by atoms with E-state index in [0.29, 0.717) is 53.2 Å². The van der Waals surface area contributed by atoms with Crippen LogP contribution in [0.4, 0.5) is 10.7 Å². The summed E-state index contributed by atoms with van der Waals surface area (Å²) in [5, 5.41) is 25.3. The third-order valence-corrected chi connectivity index (χ3v) is 11.7. The summed E-state index contributed by atoms with van der Waals surface area (Å²) in [6.45, 7) is 0.727. The van der Waals surface area contributed by atoms with Gasteiger partial charge in [-0.3, -0.25) is 19.3 Å². The minimum absolute atomic E-state index is 0.242. The Kier molecular flexibility index (Phi) is 10.3. The van der Waals surface area contributed by atoms with Crippen LogP contribution in [0.5, 0.6) is 0 Å². The number of benzene rings is 3. The number of anilines is 2. The highest BCUT2D eigenvalue weighted by atomic mass is 32.1. The second kappa shape index (κ2) is 15.2. The van der Waals surface area contributed by atoms with Gasteiger partial charge in [-0.2, -0.15) is 0 Å². The molecular formula is C41H43N3O6S. The molecule has 2 saturated carbocycles. The highest BCUT2D eigenvalue weighted by Crippen LogP contribution is 2.39. The molecule has 0 aliphatic heterocycles. The number of nitrogens with zero attached hydrogens (tertiary/aromatic N) is 1. The van der Waals surface area contributed by atoms with E-state index in [9.17, 15) is 24.3 Å². The van der Waals surface area contributed by atoms with Crippen molar-refractivity contribution in [2.45, 2.75) is 89.3 Å². The van der Waals surface area contributed by atoms with Crippen LogP contribution in [0.1, 0.15) is 110 Å². The molecule has 4 aromatic rings. The zero-order valence-electron chi connectivity index (χ0n) is 28.5. The third kappa shape index (κ3) is 8.24. The largest absolute Gasteiger partial charge is 0.481 e. The highest BCUT2D eigenvalue weighted by molar-refractivity contribution is 7.17. The Labute approximate surface area is 301 Å². The molecule has 0 radical (unpaired) electrons. The number of hydrogen-bond acceptors (Lipinski definition) is 6. The lowest BCUT2D eigenvalue weighted by atomic mass is 9.85. The first kappa shape index (κ1) is 34.6. The Morgan fingerprint density at radius 1 is 0.706 bits per heavy atom. The van der Waals surface area contributed by atoms with Crippen molar-refractivity contribution < 1.29 is 29.4 Å². The molecule has 9 nitrogen and oxygen atoms in total. The summed E-state index contributed by atoms with van der Waals surface area (Å²) >= 11 is 1.50. The molecule has 0 atom stereocenters. The zero-order chi connectivity index (χ0) is 35.5. The minimum atomic E-state index is -0.952. The van der Waals surface area contributed by atoms with E-state index in [1.165, 1.54) is 11.3 Å². The van der Waals surface area contributed by atoms with Gasteiger partial charge in [0.15, 0.2) is 0 Å². The number of nitrogens with one attached hydrogen (secondary N) is 2. The quantitative estimate of drug-likeness (QED) is 0.117. The van der Waals surface area contributed by atoms with Crippen molar-refractivity contribution in [1.29, 1.82) is 0 Å². The Hall–Kier alpha value is -4.80. The van der Waals surface area contributed by atoms with E-state index in [0.717, 1.165) is 85.0 Å². The van der Waals surface area contributed by atoms with Gasteiger partial charge in [-0.1, -0.05) is 36.4 Å². The third-order valence-electron chi connectivity index (χ3n) is 10.5. The minimum Gasteiger partial charge on any atom is -0.481 e. The maximum absolute atomic E-state index is 13.9. The number of thiophene rings is 1. The summed E-state index contributed by atoms with van der Waals surface area (Å²) in [6, 6.07) is 23.1. The fourth-order valence-corrected chi connectivity index (χ4v) is 8.89. The predicted octanol–water partition coefficient (Wildman–Crippen LogP) is 8.03. The van der Waals surface area contributed by atoms with Crippen LogP contribution in [0.25, 0.3) is 0 Å². The van der Waals surface area contributed by atoms with Gasteiger partial charge in [0.2, 0.25) is 0 Å². The molecule has 2 fully saturated rings. The van der Waals surface area contributed by atoms with Gasteiger partial charge >= 0.3 is 11.9 Å². The molecule has 3 aliphatic rings. The second-order valence-corrected chi connectivity index (χ2v) is 15.3. The summed E-state index contributed by atoms with van der Waals surface area (Å²) in [5.41, 5.74) is 6.09. The second-order valence-electron chi connectivity index (χ2n) is 14.1. The topological polar surface area (TPSA) is 136 Å². The first-order chi connectivity index (χ1) is 24.7. The van der Waals surface area contributed by atoms with E-state index in [2.05, 4.69) is 21.6 Å². The number of fused-ring (bicyclic) bond motifs is 1. The maximum atomic E-state index is 13.9. The number of aliphatic carboxylic acids is 1. The number of carbonyl (C=O) groups is 4. The van der Waals surface area contributed by atoms with Crippen LogP contribution in [-0.2, 0) is 30.6 Å². The molecule has 2 amide bonds. The lowest BCUT2D eigenvalue weighted by Crippen LogP contribution is -2.40. The summed E-state index contributed by atoms with van der Waals surface area (Å²) in [4.78, 5) is 53.9. The van der Waals surface area contributed by atoms with Crippen LogP contribution in [0, 0.1) is 5.92 Å². The van der Waals surface area contributed by atoms with E-state index in [1.54, 1.807) is 12.1 Å². The molecule has 10 heteroatoms. The van der Waals surface area contributed by atoms with Crippen molar-refractivity contribution >= 4 is 45.8 Å². The molecule has 3 aromatic carbocycles. The maximum Gasteiger partial charge on any atom is 0.335 e. The van der Waals surface area contributed by atoms with Crippen LogP contribution >= 0.6 is 11.3 Å². The SMILES string of the molecule is O=C(O)c1ccc(Cc2ccc(NC(=O)c3c(NC(=O)c4cccc(CN(C5CCC(C(=O)O)CC5)C5CC5)c4)sc4c3CCCC4)cc2)cc1. The molecule has 3 aliphatic carbocycles. The summed E-state index contributed by atoms with van der Waals surface area (Å²) in [5.74, 6) is -2.37. The van der Waals surface area contributed by atoms with E-state index < -0.39 is 11.9 Å². The smallest absolute Gasteiger partial charge is 0.335 e. The van der Waals surface area contributed by atoms with Gasteiger partial charge in [0.05, 0.1) is 17.0 Å². The van der Waals surface area contributed by atoms with Crippen molar-refractivity contribution in [2.75, 3.05) is 10.6 Å². The molecule has 264 valence electrons. The summed E-state index contributed by atoms with van der Waals surface area (Å²) < 4.78 is 0. The number of aromatic carboxylic acids is 1. The Balaban J connectivity index is 1.03. The van der Waals surface area contributed by atoms with Crippen molar-refractivity contribution in [3.05, 3.63) is 117 Å². The number of carboxylic acids is 2. The van der Waals surface area contributed by atoms with Crippen LogP contribution in [0.2, 0.25) is 0 Å². The Morgan fingerprint density at radius 2 is 1.35 bits per heavy atom. The lowest BCUT2D eigenvalue weighted by molar-refractivity contribution is -0.143. The molecule has 7 rings (SSSR count). The Morgan fingerprint density at radius 3 is 2.00 bits per heavy atom. The van der Waals surface area contributed by atoms with Gasteiger partial charge < -0.3 is 20.8 Å². The van der Waals surface area contributed by atoms with Crippen molar-refractivity contribution in [3.8, 4) is 0 Å². The van der Waals surface area contributed by atoms with Gasteiger partial charge in [0, 0.05) is 34.8 Å². The molecule has 4 N–H and O–H groups in total. The monoisotopic (exact) mass is 705 g/mol. The normalized spacial score (nSPS) is 18.5. The molecule has 0 bridgehead atoms. The van der Waals surface area contributed by atoms with Crippen molar-refractivity contribution in [3.63, 3.8) is 0 Å². The summed E-state index contributed by atoms with van der Waals surface area (Å²) in [6.07, 6.45) is 9.88. The lowest BCUT2D eigenvalue weighted by Gasteiger charge is -2.36. The average molecular weight is 706 g/mol. The Bertz CT molecular complexity index is 1920. The molecule has 0 saturated heterocycles. The van der Waals surface area contributed by atoms with Crippen molar-refractivity contribution in [2.24, 2.45) is 5.92 Å². The molecule has 0 unspecified atom stereocenters. The van der Waals surface area contributed by atoms with Gasteiger partial charge in [0.25, 0.3) is 11.8 Å². The number of rotatable bonds is 12. The number of carboxylic acid groups (broad SMARTS) is 2. The van der Waals surface area contributed by atoms with Crippen LogP contribution in [-0.4, -0.2) is 50.9 Å². The fraction of sp³-hybridized carbons (Fsp3) is 0.366. The van der Waals surface area contributed by atoms with Gasteiger partial charge in [-0.05, 0) is 129 Å². The average Bonchev–Trinajstić information content (AvgIpc) is 3.92. The molecular weight excluding hydrogens is 663 g/mol. The van der Waals surface area contributed by atoms with E-state index in [-0.39, 0.29) is 23.3 Å². The molecule has 1 heterocycles. The molecule has 51 heavy (non-hydrogen) atoms. The van der Waals surface area contributed by atoms with Crippen LogP contribution in [0.15, 0.2) is 72.8 Å². The van der Waals surface area contributed by atoms with E-state index in [4.69, 9.17) is 5.11 Å².